The summed E-state index contributed by atoms with van der Waals surface area (Å²) >= 11 is 0. The van der Waals surface area contributed by atoms with Gasteiger partial charge in [-0.2, -0.15) is 5.10 Å². The van der Waals surface area contributed by atoms with Crippen LogP contribution in [-0.4, -0.2) is 27.2 Å². The highest BCUT2D eigenvalue weighted by atomic mass is 16.5. The van der Waals surface area contributed by atoms with Crippen LogP contribution in [-0.2, 0) is 9.53 Å². The van der Waals surface area contributed by atoms with Gasteiger partial charge in [-0.1, -0.05) is 24.3 Å². The Morgan fingerprint density at radius 1 is 1.27 bits per heavy atom. The maximum absolute atomic E-state index is 11.8. The molecule has 22 heavy (non-hydrogen) atoms. The van der Waals surface area contributed by atoms with Gasteiger partial charge in [0.1, 0.15) is 0 Å². The number of rotatable bonds is 4. The van der Waals surface area contributed by atoms with Gasteiger partial charge in [-0.3, -0.25) is 4.79 Å². The Morgan fingerprint density at radius 2 is 2.05 bits per heavy atom. The quantitative estimate of drug-likeness (QED) is 0.694. The molecule has 2 aromatic heterocycles. The molecular formula is C17H17N3O2. The van der Waals surface area contributed by atoms with Gasteiger partial charge in [0, 0.05) is 18.0 Å². The Balaban J connectivity index is 1.85. The summed E-state index contributed by atoms with van der Waals surface area (Å²) in [5, 5.41) is 4.31. The Bertz CT molecular complexity index is 793. The van der Waals surface area contributed by atoms with E-state index in [2.05, 4.69) is 10.1 Å². The second-order valence-corrected chi connectivity index (χ2v) is 5.07. The van der Waals surface area contributed by atoms with Crippen molar-refractivity contribution in [3.05, 3.63) is 54.5 Å². The summed E-state index contributed by atoms with van der Waals surface area (Å²) in [4.78, 5) is 16.0. The molecule has 1 aromatic carbocycles. The Kier molecular flexibility index (Phi) is 3.87. The Hall–Kier alpha value is -2.69. The second-order valence-electron chi connectivity index (χ2n) is 5.07. The van der Waals surface area contributed by atoms with Crippen molar-refractivity contribution in [1.82, 2.24) is 14.6 Å². The van der Waals surface area contributed by atoms with Crippen molar-refractivity contribution in [3.8, 4) is 11.1 Å². The molecule has 0 aliphatic rings. The molecule has 0 fully saturated rings. The van der Waals surface area contributed by atoms with Crippen LogP contribution < -0.4 is 0 Å². The van der Waals surface area contributed by atoms with E-state index in [1.165, 1.54) is 0 Å². The number of hydrogen-bond donors (Lipinski definition) is 0. The highest BCUT2D eigenvalue weighted by Gasteiger charge is 2.16. The highest BCUT2D eigenvalue weighted by Crippen LogP contribution is 2.23. The van der Waals surface area contributed by atoms with Gasteiger partial charge in [-0.15, -0.1) is 0 Å². The lowest BCUT2D eigenvalue weighted by molar-refractivity contribution is -0.144. The van der Waals surface area contributed by atoms with Crippen LogP contribution in [0, 0.1) is 0 Å². The van der Waals surface area contributed by atoms with E-state index in [4.69, 9.17) is 4.74 Å². The van der Waals surface area contributed by atoms with E-state index in [9.17, 15) is 4.79 Å². The number of ether oxygens (including phenoxy) is 1. The summed E-state index contributed by atoms with van der Waals surface area (Å²) in [5.74, 6) is -0.461. The third kappa shape index (κ3) is 2.70. The minimum atomic E-state index is -0.262. The van der Waals surface area contributed by atoms with Crippen LogP contribution in [0.2, 0.25) is 0 Å². The van der Waals surface area contributed by atoms with Gasteiger partial charge in [-0.05, 0) is 31.0 Å². The van der Waals surface area contributed by atoms with Crippen molar-refractivity contribution in [3.63, 3.8) is 0 Å². The molecule has 0 saturated carbocycles. The number of carbonyl (C=O) groups excluding carboxylic acids is 1. The lowest BCUT2D eigenvalue weighted by atomic mass is 9.98. The standard InChI is InChI=1S/C17H17N3O2/c1-3-22-17(21)12(2)13-4-6-14(7-5-13)15-10-16-18-8-9-20(16)19-11-15/h4-12H,3H2,1-2H3. The maximum atomic E-state index is 11.8. The molecule has 0 bridgehead atoms. The number of aromatic nitrogens is 3. The van der Waals surface area contributed by atoms with Gasteiger partial charge in [-0.25, -0.2) is 9.50 Å². The third-order valence-electron chi connectivity index (χ3n) is 3.64. The van der Waals surface area contributed by atoms with Gasteiger partial charge in [0.25, 0.3) is 0 Å². The summed E-state index contributed by atoms with van der Waals surface area (Å²) in [6, 6.07) is 9.86. The second kappa shape index (κ2) is 5.97. The zero-order valence-corrected chi connectivity index (χ0v) is 12.6. The van der Waals surface area contributed by atoms with Crippen molar-refractivity contribution in [2.75, 3.05) is 6.61 Å². The molecule has 0 saturated heterocycles. The van der Waals surface area contributed by atoms with Crippen LogP contribution in [0.4, 0.5) is 0 Å². The van der Waals surface area contributed by atoms with Crippen LogP contribution in [0.25, 0.3) is 16.8 Å². The average Bonchev–Trinajstić information content (AvgIpc) is 3.02. The first-order chi connectivity index (χ1) is 10.7. The number of imidazole rings is 1. The lowest BCUT2D eigenvalue weighted by Gasteiger charge is -2.11. The smallest absolute Gasteiger partial charge is 0.313 e. The summed E-state index contributed by atoms with van der Waals surface area (Å²) in [5.41, 5.74) is 3.78. The molecule has 3 rings (SSSR count). The topological polar surface area (TPSA) is 56.5 Å². The fourth-order valence-electron chi connectivity index (χ4n) is 2.34. The predicted molar refractivity (Wildman–Crippen MR) is 83.5 cm³/mol. The Morgan fingerprint density at radius 3 is 2.77 bits per heavy atom. The highest BCUT2D eigenvalue weighted by molar-refractivity contribution is 5.78. The number of benzene rings is 1. The molecule has 0 N–H and O–H groups in total. The van der Waals surface area contributed by atoms with Crippen LogP contribution in [0.5, 0.6) is 0 Å². The van der Waals surface area contributed by atoms with Crippen LogP contribution in [0.3, 0.4) is 0 Å². The zero-order valence-electron chi connectivity index (χ0n) is 12.6. The molecule has 112 valence electrons. The Labute approximate surface area is 128 Å². The molecule has 3 aromatic rings. The van der Waals surface area contributed by atoms with E-state index in [0.29, 0.717) is 6.61 Å². The molecule has 0 aliphatic carbocycles. The van der Waals surface area contributed by atoms with Crippen LogP contribution >= 0.6 is 0 Å². The molecule has 5 nitrogen and oxygen atoms in total. The number of esters is 1. The molecule has 0 radical (unpaired) electrons. The number of nitrogens with zero attached hydrogens (tertiary/aromatic N) is 3. The van der Waals surface area contributed by atoms with Crippen molar-refractivity contribution >= 4 is 11.6 Å². The van der Waals surface area contributed by atoms with E-state index in [1.54, 1.807) is 16.9 Å². The van der Waals surface area contributed by atoms with Gasteiger partial charge < -0.3 is 4.74 Å². The summed E-state index contributed by atoms with van der Waals surface area (Å²) < 4.78 is 6.78. The van der Waals surface area contributed by atoms with Crippen molar-refractivity contribution < 1.29 is 9.53 Å². The minimum Gasteiger partial charge on any atom is -0.466 e. The van der Waals surface area contributed by atoms with Crippen LogP contribution in [0.1, 0.15) is 25.3 Å². The lowest BCUT2D eigenvalue weighted by Crippen LogP contribution is -2.12. The summed E-state index contributed by atoms with van der Waals surface area (Å²) in [6.45, 7) is 4.06. The molecule has 0 amide bonds. The first-order valence-corrected chi connectivity index (χ1v) is 7.25. The van der Waals surface area contributed by atoms with E-state index in [1.807, 2.05) is 50.4 Å². The first-order valence-electron chi connectivity index (χ1n) is 7.25. The molecule has 0 spiro atoms. The van der Waals surface area contributed by atoms with Crippen molar-refractivity contribution in [2.45, 2.75) is 19.8 Å². The predicted octanol–water partition coefficient (Wildman–Crippen LogP) is 3.06. The monoisotopic (exact) mass is 295 g/mol. The molecular weight excluding hydrogens is 278 g/mol. The van der Waals surface area contributed by atoms with Crippen molar-refractivity contribution in [1.29, 1.82) is 0 Å². The maximum Gasteiger partial charge on any atom is 0.313 e. The van der Waals surface area contributed by atoms with E-state index in [0.717, 1.165) is 22.3 Å². The van der Waals surface area contributed by atoms with E-state index >= 15 is 0 Å². The van der Waals surface area contributed by atoms with Crippen LogP contribution in [0.15, 0.2) is 48.9 Å². The zero-order chi connectivity index (χ0) is 15.5. The normalized spacial score (nSPS) is 12.3. The number of hydrogen-bond acceptors (Lipinski definition) is 4. The molecule has 2 heterocycles. The van der Waals surface area contributed by atoms with Gasteiger partial charge >= 0.3 is 5.97 Å². The van der Waals surface area contributed by atoms with E-state index in [-0.39, 0.29) is 11.9 Å². The summed E-state index contributed by atoms with van der Waals surface area (Å²) in [7, 11) is 0. The van der Waals surface area contributed by atoms with E-state index < -0.39 is 0 Å². The molecule has 1 unspecified atom stereocenters. The largest absolute Gasteiger partial charge is 0.466 e. The average molecular weight is 295 g/mol. The minimum absolute atomic E-state index is 0.198. The van der Waals surface area contributed by atoms with Gasteiger partial charge in [0.2, 0.25) is 0 Å². The number of carbonyl (C=O) groups is 1. The van der Waals surface area contributed by atoms with Gasteiger partial charge in [0.05, 0.1) is 18.7 Å². The first kappa shape index (κ1) is 14.3. The fourth-order valence-corrected chi connectivity index (χ4v) is 2.34. The summed E-state index contributed by atoms with van der Waals surface area (Å²) in [6.07, 6.45) is 5.33. The fraction of sp³-hybridized carbons (Fsp3) is 0.235. The molecule has 0 aliphatic heterocycles. The third-order valence-corrected chi connectivity index (χ3v) is 3.64. The van der Waals surface area contributed by atoms with Crippen molar-refractivity contribution in [2.24, 2.45) is 0 Å². The SMILES string of the molecule is CCOC(=O)C(C)c1ccc(-c2cnn3ccnc3c2)cc1. The molecule has 1 atom stereocenters. The molecule has 5 heteroatoms. The number of fused-ring (bicyclic) bond motifs is 1. The van der Waals surface area contributed by atoms with Gasteiger partial charge in [0.15, 0.2) is 5.65 Å².